The molecule has 1 fully saturated rings. The van der Waals surface area contributed by atoms with Crippen LogP contribution >= 0.6 is 11.6 Å². The first kappa shape index (κ1) is 24.8. The molecule has 0 radical (unpaired) electrons. The Kier molecular flexibility index (Phi) is 7.79. The van der Waals surface area contributed by atoms with E-state index in [0.717, 1.165) is 41.5 Å². The largest absolute Gasteiger partial charge is 0.364 e. The second-order valence-corrected chi connectivity index (χ2v) is 9.53. The van der Waals surface area contributed by atoms with Crippen LogP contribution in [0.15, 0.2) is 42.7 Å². The Morgan fingerprint density at radius 3 is 2.74 bits per heavy atom. The predicted octanol–water partition coefficient (Wildman–Crippen LogP) is 4.00. The summed E-state index contributed by atoms with van der Waals surface area (Å²) in [7, 11) is 1.48. The number of nitrogens with zero attached hydrogens (tertiary/aromatic N) is 5. The third kappa shape index (κ3) is 5.87. The highest BCUT2D eigenvalue weighted by Gasteiger charge is 2.20. The van der Waals surface area contributed by atoms with Gasteiger partial charge in [-0.15, -0.1) is 0 Å². The van der Waals surface area contributed by atoms with Gasteiger partial charge in [0.15, 0.2) is 5.82 Å². The number of carbonyl (C=O) groups excluding carboxylic acids is 1. The van der Waals surface area contributed by atoms with Crippen LogP contribution in [0.3, 0.4) is 0 Å². The number of rotatable bonds is 8. The van der Waals surface area contributed by atoms with Gasteiger partial charge in [0.05, 0.1) is 6.20 Å². The fourth-order valence-electron chi connectivity index (χ4n) is 3.82. The summed E-state index contributed by atoms with van der Waals surface area (Å²) >= 11 is 4.09. The van der Waals surface area contributed by atoms with E-state index in [1.807, 2.05) is 24.0 Å². The maximum absolute atomic E-state index is 12.7. The first-order valence-corrected chi connectivity index (χ1v) is 12.5. The van der Waals surface area contributed by atoms with E-state index in [1.54, 1.807) is 24.4 Å². The molecule has 184 valence electrons. The Hall–Kier alpha value is -3.28. The second-order valence-electron chi connectivity index (χ2n) is 8.11. The first-order valence-electron chi connectivity index (χ1n) is 11.1. The van der Waals surface area contributed by atoms with Gasteiger partial charge < -0.3 is 15.5 Å². The molecule has 2 aromatic heterocycles. The standard InChI is InChI=1S/C23H26ClN7O3S/c1-15-12-16(22(32)31-10-3-4-11-31)7-8-19(15)28-23-27-14-18(24)20(29-23)26-13-17-6-5-9-25-21(17)30(2)35(33)34/h5-9,12,14H,3-4,10-11,13H2,1-2H3,(H,33,34)(H2,26,27,28,29). The van der Waals surface area contributed by atoms with E-state index in [0.29, 0.717) is 33.7 Å². The lowest BCUT2D eigenvalue weighted by Gasteiger charge is -2.18. The summed E-state index contributed by atoms with van der Waals surface area (Å²) in [5.74, 6) is 1.14. The van der Waals surface area contributed by atoms with Crippen LogP contribution in [0.5, 0.6) is 0 Å². The van der Waals surface area contributed by atoms with Gasteiger partial charge in [0.1, 0.15) is 10.8 Å². The van der Waals surface area contributed by atoms with Crippen LogP contribution in [0, 0.1) is 6.92 Å². The lowest BCUT2D eigenvalue weighted by Crippen LogP contribution is -2.27. The zero-order chi connectivity index (χ0) is 24.9. The van der Waals surface area contributed by atoms with Crippen LogP contribution in [0.2, 0.25) is 5.02 Å². The Morgan fingerprint density at radius 2 is 2.03 bits per heavy atom. The van der Waals surface area contributed by atoms with Crippen molar-refractivity contribution < 1.29 is 13.6 Å². The van der Waals surface area contributed by atoms with Gasteiger partial charge >= 0.3 is 0 Å². The summed E-state index contributed by atoms with van der Waals surface area (Å²) in [5.41, 5.74) is 3.02. The molecule has 1 aliphatic heterocycles. The number of hydrogen-bond donors (Lipinski definition) is 3. The van der Waals surface area contributed by atoms with Gasteiger partial charge in [-0.2, -0.15) is 4.98 Å². The summed E-state index contributed by atoms with van der Waals surface area (Å²) in [4.78, 5) is 27.5. The van der Waals surface area contributed by atoms with E-state index < -0.39 is 11.3 Å². The van der Waals surface area contributed by atoms with Crippen molar-refractivity contribution in [3.63, 3.8) is 0 Å². The van der Waals surface area contributed by atoms with Crippen LogP contribution in [0.1, 0.15) is 34.3 Å². The molecule has 0 saturated carbocycles. The van der Waals surface area contributed by atoms with Crippen LogP contribution < -0.4 is 14.9 Å². The molecule has 0 aliphatic carbocycles. The van der Waals surface area contributed by atoms with E-state index >= 15 is 0 Å². The third-order valence-electron chi connectivity index (χ3n) is 5.70. The summed E-state index contributed by atoms with van der Waals surface area (Å²) in [6.45, 7) is 3.80. The number of nitrogens with one attached hydrogen (secondary N) is 2. The topological polar surface area (TPSA) is 124 Å². The molecule has 1 unspecified atom stereocenters. The molecule has 1 atom stereocenters. The quantitative estimate of drug-likeness (QED) is 0.385. The third-order valence-corrected chi connectivity index (χ3v) is 6.62. The van der Waals surface area contributed by atoms with Gasteiger partial charge in [-0.3, -0.25) is 13.7 Å². The molecular weight excluding hydrogens is 490 g/mol. The van der Waals surface area contributed by atoms with Crippen LogP contribution in [0.25, 0.3) is 0 Å². The normalized spacial score (nSPS) is 14.0. The van der Waals surface area contributed by atoms with Crippen molar-refractivity contribution in [2.45, 2.75) is 26.3 Å². The molecule has 35 heavy (non-hydrogen) atoms. The van der Waals surface area contributed by atoms with Crippen molar-refractivity contribution in [3.05, 3.63) is 64.4 Å². The zero-order valence-corrected chi connectivity index (χ0v) is 20.9. The average molecular weight is 516 g/mol. The van der Waals surface area contributed by atoms with E-state index in [4.69, 9.17) is 11.6 Å². The van der Waals surface area contributed by atoms with Crippen molar-refractivity contribution in [1.82, 2.24) is 19.9 Å². The molecule has 4 rings (SSSR count). The van der Waals surface area contributed by atoms with Gasteiger partial charge in [0.25, 0.3) is 17.2 Å². The predicted molar refractivity (Wildman–Crippen MR) is 137 cm³/mol. The molecule has 3 N–H and O–H groups in total. The smallest absolute Gasteiger partial charge is 0.262 e. The molecule has 1 amide bonds. The van der Waals surface area contributed by atoms with Crippen molar-refractivity contribution in [2.75, 3.05) is 35.1 Å². The minimum absolute atomic E-state index is 0.0526. The van der Waals surface area contributed by atoms with E-state index in [1.165, 1.54) is 13.2 Å². The SMILES string of the molecule is Cc1cc(C(=O)N2CCCC2)ccc1Nc1ncc(Cl)c(NCc2cccnc2N(C)S(=O)O)n1. The Bertz CT molecular complexity index is 1250. The molecule has 0 spiro atoms. The maximum Gasteiger partial charge on any atom is 0.262 e. The molecule has 1 saturated heterocycles. The molecule has 0 bridgehead atoms. The highest BCUT2D eigenvalue weighted by atomic mass is 35.5. The average Bonchev–Trinajstić information content (AvgIpc) is 3.40. The lowest BCUT2D eigenvalue weighted by molar-refractivity contribution is 0.0792. The summed E-state index contributed by atoms with van der Waals surface area (Å²) < 4.78 is 22.0. The number of benzene rings is 1. The molecular formula is C23H26ClN7O3S. The minimum atomic E-state index is -2.20. The maximum atomic E-state index is 12.7. The summed E-state index contributed by atoms with van der Waals surface area (Å²) in [6.07, 6.45) is 5.13. The Labute approximate surface area is 211 Å². The molecule has 1 aromatic carbocycles. The fourth-order valence-corrected chi connectivity index (χ4v) is 4.29. The van der Waals surface area contributed by atoms with Crippen molar-refractivity contribution in [1.29, 1.82) is 0 Å². The first-order chi connectivity index (χ1) is 16.8. The number of aromatic nitrogens is 3. The number of amides is 1. The Balaban J connectivity index is 1.48. The summed E-state index contributed by atoms with van der Waals surface area (Å²) in [5, 5.41) is 6.64. The zero-order valence-electron chi connectivity index (χ0n) is 19.4. The van der Waals surface area contributed by atoms with Crippen LogP contribution in [-0.2, 0) is 17.8 Å². The number of likely N-dealkylation sites (tertiary alicyclic amines) is 1. The molecule has 10 nitrogen and oxygen atoms in total. The van der Waals surface area contributed by atoms with Gasteiger partial charge in [0.2, 0.25) is 5.95 Å². The minimum Gasteiger partial charge on any atom is -0.364 e. The van der Waals surface area contributed by atoms with Gasteiger partial charge in [-0.1, -0.05) is 17.7 Å². The monoisotopic (exact) mass is 515 g/mol. The van der Waals surface area contributed by atoms with E-state index in [-0.39, 0.29) is 12.5 Å². The van der Waals surface area contributed by atoms with E-state index in [9.17, 15) is 13.6 Å². The molecule has 12 heteroatoms. The van der Waals surface area contributed by atoms with Crippen LogP contribution in [-0.4, -0.2) is 54.7 Å². The molecule has 3 heterocycles. The van der Waals surface area contributed by atoms with Crippen molar-refractivity contribution >= 4 is 52.0 Å². The second kappa shape index (κ2) is 11.0. The van der Waals surface area contributed by atoms with Crippen LogP contribution in [0.4, 0.5) is 23.3 Å². The van der Waals surface area contributed by atoms with E-state index in [2.05, 4.69) is 25.6 Å². The molecule has 3 aromatic rings. The Morgan fingerprint density at radius 1 is 1.26 bits per heavy atom. The number of aryl methyl sites for hydroxylation is 1. The summed E-state index contributed by atoms with van der Waals surface area (Å²) in [6, 6.07) is 9.04. The lowest BCUT2D eigenvalue weighted by atomic mass is 10.1. The van der Waals surface area contributed by atoms with Gasteiger partial charge in [-0.05, 0) is 49.6 Å². The number of pyridine rings is 1. The van der Waals surface area contributed by atoms with Gasteiger partial charge in [-0.25, -0.2) is 14.2 Å². The fraction of sp³-hybridized carbons (Fsp3) is 0.304. The number of anilines is 4. The molecule has 1 aliphatic rings. The number of halogens is 1. The number of carbonyl (C=O) groups is 1. The van der Waals surface area contributed by atoms with Gasteiger partial charge in [0, 0.05) is 49.7 Å². The van der Waals surface area contributed by atoms with Crippen molar-refractivity contribution in [2.24, 2.45) is 0 Å². The number of hydrogen-bond acceptors (Lipinski definition) is 7. The highest BCUT2D eigenvalue weighted by molar-refractivity contribution is 7.80. The van der Waals surface area contributed by atoms with Crippen molar-refractivity contribution in [3.8, 4) is 0 Å². The highest BCUT2D eigenvalue weighted by Crippen LogP contribution is 2.26.